The fourth-order valence-corrected chi connectivity index (χ4v) is 0.913. The fraction of sp³-hybridized carbons (Fsp3) is 0.222. The van der Waals surface area contributed by atoms with Gasteiger partial charge in [-0.05, 0) is 12.5 Å². The van der Waals surface area contributed by atoms with Crippen LogP contribution >= 0.6 is 0 Å². The second kappa shape index (κ2) is 3.76. The van der Waals surface area contributed by atoms with Crippen LogP contribution in [0.2, 0.25) is 0 Å². The molecule has 1 atom stereocenters. The number of nitrogens with one attached hydrogen (secondary N) is 1. The van der Waals surface area contributed by atoms with Crippen LogP contribution in [-0.4, -0.2) is 6.41 Å². The summed E-state index contributed by atoms with van der Waals surface area (Å²) in [5, 5.41) is 2.56. The van der Waals surface area contributed by atoms with Crippen LogP contribution in [0.15, 0.2) is 30.3 Å². The van der Waals surface area contributed by atoms with Gasteiger partial charge < -0.3 is 5.32 Å². The van der Waals surface area contributed by atoms with Crippen molar-refractivity contribution >= 4 is 6.41 Å². The third-order valence-corrected chi connectivity index (χ3v) is 1.58. The van der Waals surface area contributed by atoms with Gasteiger partial charge in [0, 0.05) is 0 Å². The maximum absolute atomic E-state index is 9.95. The molecule has 0 aliphatic carbocycles. The highest BCUT2D eigenvalue weighted by Crippen LogP contribution is 2.09. The van der Waals surface area contributed by atoms with Gasteiger partial charge in [-0.1, -0.05) is 30.3 Å². The van der Waals surface area contributed by atoms with Crippen molar-refractivity contribution in [2.24, 2.45) is 0 Å². The van der Waals surface area contributed by atoms with Gasteiger partial charge in [-0.3, -0.25) is 4.79 Å². The Morgan fingerprint density at radius 1 is 1.36 bits per heavy atom. The van der Waals surface area contributed by atoms with E-state index in [0.717, 1.165) is 5.56 Å². The van der Waals surface area contributed by atoms with E-state index in [9.17, 15) is 4.79 Å². The Kier molecular flexibility index (Phi) is 2.66. The molecule has 1 aromatic rings. The van der Waals surface area contributed by atoms with Gasteiger partial charge in [-0.25, -0.2) is 0 Å². The predicted molar refractivity (Wildman–Crippen MR) is 43.7 cm³/mol. The number of hydrogen-bond donors (Lipinski definition) is 1. The van der Waals surface area contributed by atoms with Crippen molar-refractivity contribution in [3.8, 4) is 0 Å². The zero-order valence-corrected chi connectivity index (χ0v) is 6.37. The molecule has 1 N–H and O–H groups in total. The summed E-state index contributed by atoms with van der Waals surface area (Å²) in [4.78, 5) is 9.95. The van der Waals surface area contributed by atoms with E-state index in [4.69, 9.17) is 0 Å². The molecule has 0 saturated carbocycles. The average molecular weight is 148 g/mol. The van der Waals surface area contributed by atoms with Crippen LogP contribution in [-0.2, 0) is 4.79 Å². The summed E-state index contributed by atoms with van der Waals surface area (Å²) in [6.07, 6.45) is 1.67. The number of benzene rings is 1. The third kappa shape index (κ3) is 2.08. The standard InChI is InChI=1S/C9H10NO/c1-8(10-7-11)9-5-3-2-4-6-9/h2-6,8H,1H3,(H,10,11)/t8-/m1/s1. The molecule has 0 heterocycles. The summed E-state index contributed by atoms with van der Waals surface area (Å²) in [5.74, 6) is 0. The smallest absolute Gasteiger partial charge is 0.309 e. The molecule has 0 unspecified atom stereocenters. The average Bonchev–Trinajstić information content (AvgIpc) is 2.07. The van der Waals surface area contributed by atoms with Gasteiger partial charge in [0.2, 0.25) is 0 Å². The number of carbonyl (C=O) groups excluding carboxylic acids is 1. The van der Waals surface area contributed by atoms with Crippen LogP contribution in [0.3, 0.4) is 0 Å². The van der Waals surface area contributed by atoms with Gasteiger partial charge in [0.05, 0.1) is 6.04 Å². The topological polar surface area (TPSA) is 29.1 Å². The zero-order chi connectivity index (χ0) is 8.10. The first kappa shape index (κ1) is 7.79. The van der Waals surface area contributed by atoms with Crippen LogP contribution in [0.25, 0.3) is 0 Å². The second-order valence-electron chi connectivity index (χ2n) is 2.38. The van der Waals surface area contributed by atoms with Crippen molar-refractivity contribution in [2.75, 3.05) is 0 Å². The van der Waals surface area contributed by atoms with Crippen molar-refractivity contribution in [1.29, 1.82) is 0 Å². The Morgan fingerprint density at radius 2 is 2.00 bits per heavy atom. The van der Waals surface area contributed by atoms with E-state index in [2.05, 4.69) is 5.32 Å². The van der Waals surface area contributed by atoms with Gasteiger partial charge in [0.1, 0.15) is 0 Å². The third-order valence-electron chi connectivity index (χ3n) is 1.58. The predicted octanol–water partition coefficient (Wildman–Crippen LogP) is 1.40. The molecule has 0 aliphatic rings. The SMILES string of the molecule is C[C@@H](N[C]=O)c1ccccc1. The highest BCUT2D eigenvalue weighted by Gasteiger charge is 2.00. The minimum atomic E-state index is 0.0497. The van der Waals surface area contributed by atoms with Gasteiger partial charge in [-0.15, -0.1) is 0 Å². The molecule has 1 radical (unpaired) electrons. The Labute approximate surface area is 66.2 Å². The second-order valence-corrected chi connectivity index (χ2v) is 2.38. The fourth-order valence-electron chi connectivity index (χ4n) is 0.913. The summed E-state index contributed by atoms with van der Waals surface area (Å²) in [6, 6.07) is 9.82. The van der Waals surface area contributed by atoms with Crippen LogP contribution in [0.4, 0.5) is 0 Å². The Balaban J connectivity index is 2.68. The highest BCUT2D eigenvalue weighted by atomic mass is 16.1. The lowest BCUT2D eigenvalue weighted by Gasteiger charge is -2.08. The van der Waals surface area contributed by atoms with Crippen LogP contribution in [0.1, 0.15) is 18.5 Å². The van der Waals surface area contributed by atoms with Crippen LogP contribution in [0, 0.1) is 0 Å². The summed E-state index contributed by atoms with van der Waals surface area (Å²) in [7, 11) is 0. The van der Waals surface area contributed by atoms with Crippen molar-refractivity contribution in [2.45, 2.75) is 13.0 Å². The maximum atomic E-state index is 9.95. The summed E-state index contributed by atoms with van der Waals surface area (Å²) in [5.41, 5.74) is 1.09. The van der Waals surface area contributed by atoms with Gasteiger partial charge in [0.25, 0.3) is 0 Å². The molecule has 2 nitrogen and oxygen atoms in total. The molecule has 0 spiro atoms. The lowest BCUT2D eigenvalue weighted by molar-refractivity contribution is 0.529. The molecule has 2 heteroatoms. The first-order valence-corrected chi connectivity index (χ1v) is 3.52. The first-order chi connectivity index (χ1) is 5.34. The molecule has 0 fully saturated rings. The van der Waals surface area contributed by atoms with E-state index >= 15 is 0 Å². The first-order valence-electron chi connectivity index (χ1n) is 3.52. The molecule has 0 saturated heterocycles. The lowest BCUT2D eigenvalue weighted by Crippen LogP contribution is -2.15. The molecule has 0 aromatic heterocycles. The molecular weight excluding hydrogens is 138 g/mol. The van der Waals surface area contributed by atoms with Crippen molar-refractivity contribution < 1.29 is 4.79 Å². The number of amides is 1. The van der Waals surface area contributed by atoms with E-state index < -0.39 is 0 Å². The van der Waals surface area contributed by atoms with Crippen molar-refractivity contribution in [1.82, 2.24) is 5.32 Å². The molecule has 0 bridgehead atoms. The minimum Gasteiger partial charge on any atom is -0.341 e. The quantitative estimate of drug-likeness (QED) is 0.645. The Bertz CT molecular complexity index is 220. The Hall–Kier alpha value is -1.31. The minimum absolute atomic E-state index is 0.0497. The number of rotatable bonds is 3. The van der Waals surface area contributed by atoms with E-state index in [-0.39, 0.29) is 6.04 Å². The van der Waals surface area contributed by atoms with Crippen LogP contribution in [0.5, 0.6) is 0 Å². The highest BCUT2D eigenvalue weighted by molar-refractivity contribution is 5.48. The van der Waals surface area contributed by atoms with Crippen molar-refractivity contribution in [3.05, 3.63) is 35.9 Å². The molecule has 1 aromatic carbocycles. The monoisotopic (exact) mass is 148 g/mol. The van der Waals surface area contributed by atoms with E-state index in [1.807, 2.05) is 37.3 Å². The Morgan fingerprint density at radius 3 is 2.55 bits per heavy atom. The van der Waals surface area contributed by atoms with E-state index in [0.29, 0.717) is 0 Å². The van der Waals surface area contributed by atoms with Crippen LogP contribution < -0.4 is 5.32 Å². The number of hydrogen-bond acceptors (Lipinski definition) is 1. The molecule has 1 rings (SSSR count). The van der Waals surface area contributed by atoms with Gasteiger partial charge in [-0.2, -0.15) is 0 Å². The van der Waals surface area contributed by atoms with Crippen molar-refractivity contribution in [3.63, 3.8) is 0 Å². The summed E-state index contributed by atoms with van der Waals surface area (Å²) < 4.78 is 0. The normalized spacial score (nSPS) is 12.1. The van der Waals surface area contributed by atoms with E-state index in [1.54, 1.807) is 6.41 Å². The summed E-state index contributed by atoms with van der Waals surface area (Å²) >= 11 is 0. The zero-order valence-electron chi connectivity index (χ0n) is 6.37. The van der Waals surface area contributed by atoms with Gasteiger partial charge >= 0.3 is 6.41 Å². The molecular formula is C9H10NO. The van der Waals surface area contributed by atoms with Gasteiger partial charge in [0.15, 0.2) is 0 Å². The molecule has 1 amide bonds. The van der Waals surface area contributed by atoms with E-state index in [1.165, 1.54) is 0 Å². The molecule has 57 valence electrons. The molecule has 0 aliphatic heterocycles. The largest absolute Gasteiger partial charge is 0.341 e. The lowest BCUT2D eigenvalue weighted by atomic mass is 10.1. The molecule has 11 heavy (non-hydrogen) atoms. The summed E-state index contributed by atoms with van der Waals surface area (Å²) in [6.45, 7) is 1.92. The maximum Gasteiger partial charge on any atom is 0.309 e.